The summed E-state index contributed by atoms with van der Waals surface area (Å²) in [5.41, 5.74) is 1.99. The van der Waals surface area contributed by atoms with Gasteiger partial charge in [0.1, 0.15) is 5.82 Å². The first-order valence-electron chi connectivity index (χ1n) is 7.03. The number of urea groups is 1. The lowest BCUT2D eigenvalue weighted by molar-refractivity contribution is 0.262. The molecule has 0 saturated heterocycles. The second kappa shape index (κ2) is 6.88. The van der Waals surface area contributed by atoms with Crippen molar-refractivity contribution in [2.75, 3.05) is 10.6 Å². The van der Waals surface area contributed by atoms with E-state index in [1.807, 2.05) is 24.3 Å². The molecule has 0 spiro atoms. The van der Waals surface area contributed by atoms with Crippen LogP contribution in [0, 0.1) is 5.82 Å². The molecule has 0 aliphatic carbocycles. The van der Waals surface area contributed by atoms with Crippen molar-refractivity contribution in [1.29, 1.82) is 0 Å². The van der Waals surface area contributed by atoms with E-state index in [0.29, 0.717) is 5.92 Å². The summed E-state index contributed by atoms with van der Waals surface area (Å²) in [4.78, 5) is 12.0. The minimum Gasteiger partial charge on any atom is -0.307 e. The van der Waals surface area contributed by atoms with Crippen molar-refractivity contribution in [3.05, 3.63) is 59.9 Å². The smallest absolute Gasteiger partial charge is 0.307 e. The molecule has 3 nitrogen and oxygen atoms in total. The average molecular weight is 286 g/mol. The van der Waals surface area contributed by atoms with Crippen LogP contribution < -0.4 is 10.6 Å². The third-order valence-electron chi connectivity index (χ3n) is 3.47. The molecule has 2 aromatic rings. The van der Waals surface area contributed by atoms with Crippen molar-refractivity contribution < 1.29 is 9.18 Å². The van der Waals surface area contributed by atoms with Crippen LogP contribution in [0.5, 0.6) is 0 Å². The summed E-state index contributed by atoms with van der Waals surface area (Å²) in [6.45, 7) is 4.20. The molecule has 0 aliphatic heterocycles. The summed E-state index contributed by atoms with van der Waals surface area (Å²) >= 11 is 0. The number of halogens is 1. The van der Waals surface area contributed by atoms with E-state index in [2.05, 4.69) is 24.5 Å². The zero-order valence-corrected chi connectivity index (χ0v) is 12.2. The molecular formula is C17H19FN2O. The van der Waals surface area contributed by atoms with Crippen LogP contribution >= 0.6 is 0 Å². The highest BCUT2D eigenvalue weighted by Gasteiger charge is 2.11. The first kappa shape index (κ1) is 15.0. The van der Waals surface area contributed by atoms with Gasteiger partial charge in [-0.25, -0.2) is 9.18 Å². The van der Waals surface area contributed by atoms with Gasteiger partial charge in [-0.05, 0) is 36.1 Å². The van der Waals surface area contributed by atoms with Gasteiger partial charge in [0.15, 0.2) is 0 Å². The molecule has 0 radical (unpaired) electrons. The Hall–Kier alpha value is -2.36. The molecule has 21 heavy (non-hydrogen) atoms. The maximum absolute atomic E-state index is 13.5. The molecule has 0 heterocycles. The molecule has 110 valence electrons. The third-order valence-corrected chi connectivity index (χ3v) is 3.47. The Labute approximate surface area is 124 Å². The lowest BCUT2D eigenvalue weighted by atomic mass is 9.97. The summed E-state index contributed by atoms with van der Waals surface area (Å²) in [6.07, 6.45) is 0.980. The highest BCUT2D eigenvalue weighted by Crippen LogP contribution is 2.26. The minimum absolute atomic E-state index is 0.163. The number of nitrogens with one attached hydrogen (secondary N) is 2. The van der Waals surface area contributed by atoms with Gasteiger partial charge in [-0.2, -0.15) is 0 Å². The Balaban J connectivity index is 2.12. The van der Waals surface area contributed by atoms with E-state index in [4.69, 9.17) is 0 Å². The zero-order chi connectivity index (χ0) is 15.2. The van der Waals surface area contributed by atoms with Gasteiger partial charge < -0.3 is 10.6 Å². The molecule has 2 aromatic carbocycles. The molecule has 2 rings (SSSR count). The lowest BCUT2D eigenvalue weighted by Gasteiger charge is -2.16. The first-order valence-corrected chi connectivity index (χ1v) is 7.03. The fourth-order valence-corrected chi connectivity index (χ4v) is 2.10. The summed E-state index contributed by atoms with van der Waals surface area (Å²) in [5, 5.41) is 5.30. The predicted molar refractivity (Wildman–Crippen MR) is 84.2 cm³/mol. The molecule has 0 bridgehead atoms. The van der Waals surface area contributed by atoms with Crippen LogP contribution in [-0.4, -0.2) is 6.03 Å². The molecule has 1 atom stereocenters. The van der Waals surface area contributed by atoms with Crippen molar-refractivity contribution in [1.82, 2.24) is 0 Å². The SMILES string of the molecule is CCC(C)c1ccccc1NC(=O)Nc1ccccc1F. The van der Waals surface area contributed by atoms with Gasteiger partial charge in [-0.3, -0.25) is 0 Å². The van der Waals surface area contributed by atoms with Crippen LogP contribution in [0.15, 0.2) is 48.5 Å². The molecule has 0 aromatic heterocycles. The quantitative estimate of drug-likeness (QED) is 0.817. The maximum atomic E-state index is 13.5. The average Bonchev–Trinajstić information content (AvgIpc) is 2.49. The highest BCUT2D eigenvalue weighted by atomic mass is 19.1. The fraction of sp³-hybridized carbons (Fsp3) is 0.235. The van der Waals surface area contributed by atoms with E-state index < -0.39 is 11.8 Å². The largest absolute Gasteiger partial charge is 0.323 e. The van der Waals surface area contributed by atoms with E-state index in [1.54, 1.807) is 12.1 Å². The molecule has 1 unspecified atom stereocenters. The molecule has 0 saturated carbocycles. The molecule has 2 N–H and O–H groups in total. The van der Waals surface area contributed by atoms with Gasteiger partial charge in [0.05, 0.1) is 5.69 Å². The Morgan fingerprint density at radius 1 is 1.05 bits per heavy atom. The zero-order valence-electron chi connectivity index (χ0n) is 12.2. The minimum atomic E-state index is -0.456. The van der Waals surface area contributed by atoms with Crippen molar-refractivity contribution in [2.45, 2.75) is 26.2 Å². The number of carbonyl (C=O) groups excluding carboxylic acids is 1. The number of hydrogen-bond acceptors (Lipinski definition) is 1. The number of rotatable bonds is 4. The molecule has 2 amide bonds. The van der Waals surface area contributed by atoms with Gasteiger partial charge in [-0.1, -0.05) is 44.2 Å². The Morgan fingerprint density at radius 3 is 2.29 bits per heavy atom. The van der Waals surface area contributed by atoms with Crippen molar-refractivity contribution >= 4 is 17.4 Å². The van der Waals surface area contributed by atoms with Crippen LogP contribution in [0.1, 0.15) is 31.7 Å². The highest BCUT2D eigenvalue weighted by molar-refractivity contribution is 6.00. The van der Waals surface area contributed by atoms with Crippen LogP contribution in [0.25, 0.3) is 0 Å². The van der Waals surface area contributed by atoms with E-state index in [0.717, 1.165) is 17.7 Å². The maximum Gasteiger partial charge on any atom is 0.323 e. The number of amides is 2. The number of para-hydroxylation sites is 2. The van der Waals surface area contributed by atoms with E-state index in [9.17, 15) is 9.18 Å². The Morgan fingerprint density at radius 2 is 1.62 bits per heavy atom. The van der Waals surface area contributed by atoms with E-state index >= 15 is 0 Å². The molecular weight excluding hydrogens is 267 g/mol. The van der Waals surface area contributed by atoms with E-state index in [1.165, 1.54) is 12.1 Å². The second-order valence-electron chi connectivity index (χ2n) is 4.96. The number of benzene rings is 2. The van der Waals surface area contributed by atoms with Crippen LogP contribution in [0.3, 0.4) is 0 Å². The van der Waals surface area contributed by atoms with Crippen molar-refractivity contribution in [3.63, 3.8) is 0 Å². The van der Waals surface area contributed by atoms with Crippen molar-refractivity contribution in [2.24, 2.45) is 0 Å². The third kappa shape index (κ3) is 3.81. The van der Waals surface area contributed by atoms with Crippen LogP contribution in [0.2, 0.25) is 0 Å². The number of hydrogen-bond donors (Lipinski definition) is 2. The van der Waals surface area contributed by atoms with Crippen LogP contribution in [-0.2, 0) is 0 Å². The monoisotopic (exact) mass is 286 g/mol. The topological polar surface area (TPSA) is 41.1 Å². The Bertz CT molecular complexity index is 628. The number of carbonyl (C=O) groups is 1. The van der Waals surface area contributed by atoms with Gasteiger partial charge in [0.25, 0.3) is 0 Å². The normalized spacial score (nSPS) is 11.8. The van der Waals surface area contributed by atoms with Gasteiger partial charge >= 0.3 is 6.03 Å². The van der Waals surface area contributed by atoms with E-state index in [-0.39, 0.29) is 5.69 Å². The van der Waals surface area contributed by atoms with Crippen molar-refractivity contribution in [3.8, 4) is 0 Å². The summed E-state index contributed by atoms with van der Waals surface area (Å²) in [7, 11) is 0. The van der Waals surface area contributed by atoms with Gasteiger partial charge in [0, 0.05) is 5.69 Å². The summed E-state index contributed by atoms with van der Waals surface area (Å²) in [6, 6.07) is 13.3. The standard InChI is InChI=1S/C17H19FN2O/c1-3-12(2)13-8-4-6-10-15(13)19-17(21)20-16-11-7-5-9-14(16)18/h4-12H,3H2,1-2H3,(H2,19,20,21). The second-order valence-corrected chi connectivity index (χ2v) is 4.96. The fourth-order valence-electron chi connectivity index (χ4n) is 2.10. The predicted octanol–water partition coefficient (Wildman–Crippen LogP) is 4.98. The molecule has 4 heteroatoms. The summed E-state index contributed by atoms with van der Waals surface area (Å²) < 4.78 is 13.5. The lowest BCUT2D eigenvalue weighted by Crippen LogP contribution is -2.21. The Kier molecular flexibility index (Phi) is 4.93. The molecule has 0 aliphatic rings. The van der Waals surface area contributed by atoms with Gasteiger partial charge in [-0.15, -0.1) is 0 Å². The van der Waals surface area contributed by atoms with Gasteiger partial charge in [0.2, 0.25) is 0 Å². The van der Waals surface area contributed by atoms with Crippen LogP contribution in [0.4, 0.5) is 20.6 Å². The summed E-state index contributed by atoms with van der Waals surface area (Å²) in [5.74, 6) is -0.113. The number of anilines is 2. The molecule has 0 fully saturated rings. The first-order chi connectivity index (χ1) is 10.1.